The lowest BCUT2D eigenvalue weighted by Crippen LogP contribution is -2.21. The summed E-state index contributed by atoms with van der Waals surface area (Å²) >= 11 is 2.11. The average molecular weight is 299 g/mol. The Labute approximate surface area is 95.7 Å². The molecule has 0 N–H and O–H groups in total. The highest BCUT2D eigenvalue weighted by Gasteiger charge is 2.08. The van der Waals surface area contributed by atoms with E-state index in [1.807, 2.05) is 38.2 Å². The smallest absolute Gasteiger partial charge is 0.264 e. The fourth-order valence-electron chi connectivity index (χ4n) is 1.62. The van der Waals surface area contributed by atoms with E-state index in [1.54, 1.807) is 4.57 Å². The number of halogens is 1. The van der Waals surface area contributed by atoms with E-state index < -0.39 is 0 Å². The van der Waals surface area contributed by atoms with Crippen LogP contribution in [0.4, 0.5) is 0 Å². The summed E-state index contributed by atoms with van der Waals surface area (Å²) in [6, 6.07) is 7.97. The first kappa shape index (κ1) is 9.71. The van der Waals surface area contributed by atoms with E-state index in [0.29, 0.717) is 0 Å². The molecule has 0 atom stereocenters. The van der Waals surface area contributed by atoms with Gasteiger partial charge in [0.1, 0.15) is 0 Å². The van der Waals surface area contributed by atoms with Crippen LogP contribution in [0, 0.1) is 10.5 Å². The van der Waals surface area contributed by atoms with Gasteiger partial charge in [0.2, 0.25) is 0 Å². The summed E-state index contributed by atoms with van der Waals surface area (Å²) in [6.07, 6.45) is 0. The predicted molar refractivity (Wildman–Crippen MR) is 66.6 cm³/mol. The SMILES string of the molecule is Cc1c(I)c(=O)n(C)c2ccccc12. The van der Waals surface area contributed by atoms with E-state index in [2.05, 4.69) is 22.6 Å². The maximum atomic E-state index is 11.8. The lowest BCUT2D eigenvalue weighted by atomic mass is 10.1. The van der Waals surface area contributed by atoms with Gasteiger partial charge < -0.3 is 4.57 Å². The zero-order valence-electron chi connectivity index (χ0n) is 8.04. The number of nitrogens with zero attached hydrogens (tertiary/aromatic N) is 1. The van der Waals surface area contributed by atoms with Gasteiger partial charge >= 0.3 is 0 Å². The number of para-hydroxylation sites is 1. The highest BCUT2D eigenvalue weighted by atomic mass is 127. The minimum Gasteiger partial charge on any atom is -0.310 e. The van der Waals surface area contributed by atoms with Crippen LogP contribution in [0.2, 0.25) is 0 Å². The number of rotatable bonds is 0. The molecule has 72 valence electrons. The second-order valence-electron chi connectivity index (χ2n) is 3.32. The monoisotopic (exact) mass is 299 g/mol. The summed E-state index contributed by atoms with van der Waals surface area (Å²) < 4.78 is 2.51. The molecule has 0 bridgehead atoms. The zero-order valence-corrected chi connectivity index (χ0v) is 10.2. The van der Waals surface area contributed by atoms with Crippen molar-refractivity contribution in [1.29, 1.82) is 0 Å². The molecule has 0 aliphatic rings. The number of hydrogen-bond acceptors (Lipinski definition) is 1. The van der Waals surface area contributed by atoms with Gasteiger partial charge in [-0.05, 0) is 41.1 Å². The minimum absolute atomic E-state index is 0.0850. The van der Waals surface area contributed by atoms with Crippen LogP contribution in [-0.4, -0.2) is 4.57 Å². The highest BCUT2D eigenvalue weighted by molar-refractivity contribution is 14.1. The minimum atomic E-state index is 0.0850. The zero-order chi connectivity index (χ0) is 10.3. The third-order valence-electron chi connectivity index (χ3n) is 2.49. The number of aryl methyl sites for hydroxylation is 2. The van der Waals surface area contributed by atoms with Gasteiger partial charge in [-0.2, -0.15) is 0 Å². The number of pyridine rings is 1. The van der Waals surface area contributed by atoms with E-state index >= 15 is 0 Å². The molecular weight excluding hydrogens is 289 g/mol. The second kappa shape index (κ2) is 3.38. The van der Waals surface area contributed by atoms with E-state index in [-0.39, 0.29) is 5.56 Å². The normalized spacial score (nSPS) is 10.8. The fourth-order valence-corrected chi connectivity index (χ4v) is 2.27. The van der Waals surface area contributed by atoms with Crippen molar-refractivity contribution in [1.82, 2.24) is 4.57 Å². The molecule has 2 rings (SSSR count). The molecule has 0 unspecified atom stereocenters. The third kappa shape index (κ3) is 1.27. The molecular formula is C11H10INO. The Morgan fingerprint density at radius 2 is 1.93 bits per heavy atom. The van der Waals surface area contributed by atoms with Crippen molar-refractivity contribution in [3.63, 3.8) is 0 Å². The second-order valence-corrected chi connectivity index (χ2v) is 4.40. The summed E-state index contributed by atoms with van der Waals surface area (Å²) in [7, 11) is 1.81. The third-order valence-corrected chi connectivity index (χ3v) is 3.76. The molecule has 0 fully saturated rings. The number of benzene rings is 1. The van der Waals surface area contributed by atoms with Gasteiger partial charge in [0.05, 0.1) is 9.09 Å². The Hall–Kier alpha value is -0.840. The fraction of sp³-hybridized carbons (Fsp3) is 0.182. The Morgan fingerprint density at radius 3 is 2.64 bits per heavy atom. The molecule has 0 radical (unpaired) electrons. The number of aromatic nitrogens is 1. The lowest BCUT2D eigenvalue weighted by Gasteiger charge is -2.08. The van der Waals surface area contributed by atoms with Crippen molar-refractivity contribution in [2.45, 2.75) is 6.92 Å². The quantitative estimate of drug-likeness (QED) is 0.685. The van der Waals surface area contributed by atoms with Crippen LogP contribution in [0.25, 0.3) is 10.9 Å². The first-order chi connectivity index (χ1) is 6.63. The summed E-state index contributed by atoms with van der Waals surface area (Å²) in [5.74, 6) is 0. The molecule has 0 spiro atoms. The van der Waals surface area contributed by atoms with Crippen molar-refractivity contribution >= 4 is 33.5 Å². The van der Waals surface area contributed by atoms with Crippen LogP contribution in [0.15, 0.2) is 29.1 Å². The molecule has 0 aliphatic heterocycles. The van der Waals surface area contributed by atoms with Crippen LogP contribution < -0.4 is 5.56 Å². The van der Waals surface area contributed by atoms with Crippen LogP contribution in [0.1, 0.15) is 5.56 Å². The van der Waals surface area contributed by atoms with E-state index in [0.717, 1.165) is 20.0 Å². The Balaban J connectivity index is 3.10. The van der Waals surface area contributed by atoms with Crippen molar-refractivity contribution in [2.24, 2.45) is 7.05 Å². The molecule has 14 heavy (non-hydrogen) atoms. The molecule has 2 nitrogen and oxygen atoms in total. The maximum Gasteiger partial charge on any atom is 0.264 e. The van der Waals surface area contributed by atoms with Gasteiger partial charge in [0, 0.05) is 12.4 Å². The van der Waals surface area contributed by atoms with Gasteiger partial charge in [0.15, 0.2) is 0 Å². The van der Waals surface area contributed by atoms with Gasteiger partial charge in [0.25, 0.3) is 5.56 Å². The van der Waals surface area contributed by atoms with Crippen LogP contribution in [0.3, 0.4) is 0 Å². The van der Waals surface area contributed by atoms with Crippen molar-refractivity contribution in [3.8, 4) is 0 Å². The Kier molecular flexibility index (Phi) is 2.34. The highest BCUT2D eigenvalue weighted by Crippen LogP contribution is 2.19. The van der Waals surface area contributed by atoms with Gasteiger partial charge in [-0.3, -0.25) is 4.79 Å². The van der Waals surface area contributed by atoms with Crippen LogP contribution in [-0.2, 0) is 7.05 Å². The molecule has 1 aromatic heterocycles. The van der Waals surface area contributed by atoms with Crippen LogP contribution >= 0.6 is 22.6 Å². The summed E-state index contributed by atoms with van der Waals surface area (Å²) in [4.78, 5) is 11.8. The maximum absolute atomic E-state index is 11.8. The summed E-state index contributed by atoms with van der Waals surface area (Å²) in [5.41, 5.74) is 2.15. The lowest BCUT2D eigenvalue weighted by molar-refractivity contribution is 0.894. The standard InChI is InChI=1S/C11H10INO/c1-7-8-5-3-4-6-9(8)13(2)11(14)10(7)12/h3-6H,1-2H3. The van der Waals surface area contributed by atoms with Gasteiger partial charge in [-0.25, -0.2) is 0 Å². The van der Waals surface area contributed by atoms with E-state index in [4.69, 9.17) is 0 Å². The summed E-state index contributed by atoms with van der Waals surface area (Å²) in [5, 5.41) is 1.15. The van der Waals surface area contributed by atoms with Gasteiger partial charge in [-0.15, -0.1) is 0 Å². The molecule has 0 saturated carbocycles. The molecule has 0 aliphatic carbocycles. The van der Waals surface area contributed by atoms with Gasteiger partial charge in [-0.1, -0.05) is 18.2 Å². The molecule has 0 saturated heterocycles. The van der Waals surface area contributed by atoms with Crippen molar-refractivity contribution < 1.29 is 0 Å². The Morgan fingerprint density at radius 1 is 1.29 bits per heavy atom. The number of fused-ring (bicyclic) bond motifs is 1. The largest absolute Gasteiger partial charge is 0.310 e. The van der Waals surface area contributed by atoms with Crippen LogP contribution in [0.5, 0.6) is 0 Å². The molecule has 2 aromatic rings. The topological polar surface area (TPSA) is 22.0 Å². The molecule has 1 aromatic carbocycles. The van der Waals surface area contributed by atoms with Crippen molar-refractivity contribution in [2.75, 3.05) is 0 Å². The number of hydrogen-bond donors (Lipinski definition) is 0. The summed E-state index contributed by atoms with van der Waals surface area (Å²) in [6.45, 7) is 1.99. The first-order valence-corrected chi connectivity index (χ1v) is 5.44. The van der Waals surface area contributed by atoms with E-state index in [1.165, 1.54) is 0 Å². The average Bonchev–Trinajstić information content (AvgIpc) is 2.23. The van der Waals surface area contributed by atoms with Crippen molar-refractivity contribution in [3.05, 3.63) is 43.8 Å². The Bertz CT molecular complexity index is 557. The van der Waals surface area contributed by atoms with E-state index in [9.17, 15) is 4.79 Å². The molecule has 0 amide bonds. The first-order valence-electron chi connectivity index (χ1n) is 4.36. The molecule has 3 heteroatoms. The predicted octanol–water partition coefficient (Wildman–Crippen LogP) is 2.45. The molecule has 1 heterocycles.